The number of benzene rings is 1. The lowest BCUT2D eigenvalue weighted by atomic mass is 9.83. The minimum atomic E-state index is -0.102. The molecule has 21 heavy (non-hydrogen) atoms. The average molecular weight is 292 g/mol. The number of nitrogens with one attached hydrogen (secondary N) is 1. The van der Waals surface area contributed by atoms with E-state index in [1.54, 1.807) is 6.07 Å². The molecule has 1 aromatic rings. The zero-order valence-corrected chi connectivity index (χ0v) is 14.1. The fourth-order valence-corrected chi connectivity index (χ4v) is 3.35. The van der Waals surface area contributed by atoms with Crippen molar-refractivity contribution in [1.29, 1.82) is 0 Å². The van der Waals surface area contributed by atoms with Crippen LogP contribution in [-0.2, 0) is 0 Å². The van der Waals surface area contributed by atoms with Crippen molar-refractivity contribution in [2.45, 2.75) is 53.5 Å². The van der Waals surface area contributed by atoms with Crippen molar-refractivity contribution in [3.05, 3.63) is 29.1 Å². The van der Waals surface area contributed by atoms with Crippen LogP contribution < -0.4 is 10.2 Å². The van der Waals surface area contributed by atoms with Crippen LogP contribution in [0.5, 0.6) is 0 Å². The third kappa shape index (κ3) is 3.76. The van der Waals surface area contributed by atoms with Crippen molar-refractivity contribution in [3.63, 3.8) is 0 Å². The number of hydrogen-bond acceptors (Lipinski definition) is 2. The smallest absolute Gasteiger partial charge is 0.126 e. The maximum Gasteiger partial charge on any atom is 0.126 e. The number of anilines is 1. The third-order valence-electron chi connectivity index (χ3n) is 4.53. The van der Waals surface area contributed by atoms with Gasteiger partial charge >= 0.3 is 0 Å². The molecule has 0 aromatic heterocycles. The summed E-state index contributed by atoms with van der Waals surface area (Å²) in [5.74, 6) is -0.102. The molecule has 0 bridgehead atoms. The van der Waals surface area contributed by atoms with Gasteiger partial charge in [0.05, 0.1) is 0 Å². The molecule has 1 aromatic carbocycles. The van der Waals surface area contributed by atoms with E-state index in [0.29, 0.717) is 5.41 Å². The molecular formula is C18H29FN2. The molecule has 0 saturated carbocycles. The summed E-state index contributed by atoms with van der Waals surface area (Å²) in [5, 5.41) is 3.42. The van der Waals surface area contributed by atoms with E-state index in [1.807, 2.05) is 13.0 Å². The maximum absolute atomic E-state index is 14.0. The zero-order chi connectivity index (χ0) is 15.6. The Hall–Kier alpha value is -1.09. The fourth-order valence-electron chi connectivity index (χ4n) is 3.35. The van der Waals surface area contributed by atoms with Crippen molar-refractivity contribution in [3.8, 4) is 0 Å². The van der Waals surface area contributed by atoms with Crippen LogP contribution in [0.25, 0.3) is 0 Å². The first kappa shape index (κ1) is 16.3. The van der Waals surface area contributed by atoms with Crippen LogP contribution in [0.15, 0.2) is 12.1 Å². The summed E-state index contributed by atoms with van der Waals surface area (Å²) in [5.41, 5.74) is 3.35. The Bertz CT molecular complexity index is 496. The van der Waals surface area contributed by atoms with Gasteiger partial charge in [0.1, 0.15) is 5.82 Å². The standard InChI is InChI=1S/C18H29FN2/c1-6-20-14(3)15-11-16(19)13(2)10-17(15)21-9-7-8-18(4,5)12-21/h10-11,14,20H,6-9,12H2,1-5H3. The van der Waals surface area contributed by atoms with E-state index in [9.17, 15) is 4.39 Å². The van der Waals surface area contributed by atoms with Gasteiger partial charge in [-0.15, -0.1) is 0 Å². The van der Waals surface area contributed by atoms with Crippen LogP contribution in [0, 0.1) is 18.2 Å². The van der Waals surface area contributed by atoms with Crippen LogP contribution in [0.4, 0.5) is 10.1 Å². The first-order chi connectivity index (χ1) is 9.84. The fraction of sp³-hybridized carbons (Fsp3) is 0.667. The molecule has 1 heterocycles. The van der Waals surface area contributed by atoms with Crippen molar-refractivity contribution in [2.24, 2.45) is 5.41 Å². The van der Waals surface area contributed by atoms with E-state index in [1.165, 1.54) is 18.5 Å². The summed E-state index contributed by atoms with van der Waals surface area (Å²) >= 11 is 0. The molecular weight excluding hydrogens is 263 g/mol. The second kappa shape index (κ2) is 6.35. The highest BCUT2D eigenvalue weighted by atomic mass is 19.1. The van der Waals surface area contributed by atoms with E-state index in [4.69, 9.17) is 0 Å². The highest BCUT2D eigenvalue weighted by Gasteiger charge is 2.28. The van der Waals surface area contributed by atoms with E-state index >= 15 is 0 Å². The van der Waals surface area contributed by atoms with Crippen molar-refractivity contribution in [2.75, 3.05) is 24.5 Å². The number of halogens is 1. The predicted octanol–water partition coefficient (Wildman–Crippen LogP) is 4.43. The number of piperidine rings is 1. The molecule has 2 nitrogen and oxygen atoms in total. The molecule has 0 spiro atoms. The largest absolute Gasteiger partial charge is 0.371 e. The Morgan fingerprint density at radius 2 is 2.10 bits per heavy atom. The molecule has 0 amide bonds. The monoisotopic (exact) mass is 292 g/mol. The molecule has 1 saturated heterocycles. The number of nitrogens with zero attached hydrogens (tertiary/aromatic N) is 1. The molecule has 2 rings (SSSR count). The molecule has 1 unspecified atom stereocenters. The molecule has 1 aliphatic heterocycles. The maximum atomic E-state index is 14.0. The Morgan fingerprint density at radius 1 is 1.38 bits per heavy atom. The van der Waals surface area contributed by atoms with Gasteiger partial charge < -0.3 is 10.2 Å². The summed E-state index contributed by atoms with van der Waals surface area (Å²) in [4.78, 5) is 2.44. The van der Waals surface area contributed by atoms with Crippen molar-refractivity contribution >= 4 is 5.69 Å². The van der Waals surface area contributed by atoms with Gasteiger partial charge in [-0.1, -0.05) is 20.8 Å². The summed E-state index contributed by atoms with van der Waals surface area (Å²) in [6.07, 6.45) is 2.47. The average Bonchev–Trinajstić information content (AvgIpc) is 2.40. The minimum Gasteiger partial charge on any atom is -0.371 e. The zero-order valence-electron chi connectivity index (χ0n) is 14.1. The number of hydrogen-bond donors (Lipinski definition) is 1. The lowest BCUT2D eigenvalue weighted by Gasteiger charge is -2.41. The summed E-state index contributed by atoms with van der Waals surface area (Å²) in [6, 6.07) is 3.92. The van der Waals surface area contributed by atoms with E-state index in [0.717, 1.165) is 30.8 Å². The minimum absolute atomic E-state index is 0.102. The van der Waals surface area contributed by atoms with Crippen LogP contribution in [0.2, 0.25) is 0 Å². The second-order valence-electron chi connectivity index (χ2n) is 7.13. The summed E-state index contributed by atoms with van der Waals surface area (Å²) in [7, 11) is 0. The highest BCUT2D eigenvalue weighted by Crippen LogP contribution is 2.36. The molecule has 0 aliphatic carbocycles. The molecule has 1 N–H and O–H groups in total. The van der Waals surface area contributed by atoms with Gasteiger partial charge in [-0.2, -0.15) is 0 Å². The van der Waals surface area contributed by atoms with E-state index < -0.39 is 0 Å². The molecule has 118 valence electrons. The van der Waals surface area contributed by atoms with Crippen LogP contribution >= 0.6 is 0 Å². The van der Waals surface area contributed by atoms with Crippen LogP contribution in [0.1, 0.15) is 57.7 Å². The SMILES string of the molecule is CCNC(C)c1cc(F)c(C)cc1N1CCCC(C)(C)C1. The Kier molecular flexibility index (Phi) is 4.92. The quantitative estimate of drug-likeness (QED) is 0.883. The number of rotatable bonds is 4. The van der Waals surface area contributed by atoms with Crippen molar-refractivity contribution in [1.82, 2.24) is 5.32 Å². The van der Waals surface area contributed by atoms with Gasteiger partial charge in [-0.25, -0.2) is 4.39 Å². The second-order valence-corrected chi connectivity index (χ2v) is 7.13. The van der Waals surface area contributed by atoms with Gasteiger partial charge in [-0.05, 0) is 61.9 Å². The Labute approximate surface area is 128 Å². The predicted molar refractivity (Wildman–Crippen MR) is 88.5 cm³/mol. The Balaban J connectivity index is 2.38. The normalized spacial score (nSPS) is 19.6. The molecule has 1 fully saturated rings. The molecule has 0 radical (unpaired) electrons. The van der Waals surface area contributed by atoms with Gasteiger partial charge in [0.25, 0.3) is 0 Å². The van der Waals surface area contributed by atoms with Gasteiger partial charge in [-0.3, -0.25) is 0 Å². The van der Waals surface area contributed by atoms with Crippen LogP contribution in [0.3, 0.4) is 0 Å². The lowest BCUT2D eigenvalue weighted by molar-refractivity contribution is 0.292. The first-order valence-electron chi connectivity index (χ1n) is 8.12. The van der Waals surface area contributed by atoms with Crippen molar-refractivity contribution < 1.29 is 4.39 Å². The van der Waals surface area contributed by atoms with E-state index in [-0.39, 0.29) is 11.9 Å². The van der Waals surface area contributed by atoms with Crippen LogP contribution in [-0.4, -0.2) is 19.6 Å². The van der Waals surface area contributed by atoms with Gasteiger partial charge in [0.2, 0.25) is 0 Å². The topological polar surface area (TPSA) is 15.3 Å². The first-order valence-corrected chi connectivity index (χ1v) is 8.12. The highest BCUT2D eigenvalue weighted by molar-refractivity contribution is 5.57. The summed E-state index contributed by atoms with van der Waals surface area (Å²) in [6.45, 7) is 13.7. The Morgan fingerprint density at radius 3 is 2.71 bits per heavy atom. The lowest BCUT2D eigenvalue weighted by Crippen LogP contribution is -2.41. The molecule has 1 aliphatic rings. The van der Waals surface area contributed by atoms with E-state index in [2.05, 4.69) is 37.9 Å². The number of aryl methyl sites for hydroxylation is 1. The molecule has 3 heteroatoms. The summed E-state index contributed by atoms with van der Waals surface area (Å²) < 4.78 is 14.0. The molecule has 1 atom stereocenters. The third-order valence-corrected chi connectivity index (χ3v) is 4.53. The van der Waals surface area contributed by atoms with Gasteiger partial charge in [0, 0.05) is 24.8 Å². The van der Waals surface area contributed by atoms with Gasteiger partial charge in [0.15, 0.2) is 0 Å².